The first-order valence-electron chi connectivity index (χ1n) is 28.3. The van der Waals surface area contributed by atoms with Crippen LogP contribution < -0.4 is 0 Å². The van der Waals surface area contributed by atoms with Crippen molar-refractivity contribution in [1.29, 1.82) is 0 Å². The number of ether oxygens (including phenoxy) is 2. The fourth-order valence-corrected chi connectivity index (χ4v) is 12.5. The summed E-state index contributed by atoms with van der Waals surface area (Å²) in [7, 11) is 8.11. The second kappa shape index (κ2) is 34.0. The Kier molecular flexibility index (Phi) is 30.4. The largest absolute Gasteiger partial charge is 0.476 e. The van der Waals surface area contributed by atoms with E-state index in [-0.39, 0.29) is 70.8 Å². The average Bonchev–Trinajstić information content (AvgIpc) is 4.08. The summed E-state index contributed by atoms with van der Waals surface area (Å²) in [4.78, 5) is 98.6. The number of aliphatic hydroxyl groups is 1. The van der Waals surface area contributed by atoms with Gasteiger partial charge in [-0.3, -0.25) is 24.0 Å². The summed E-state index contributed by atoms with van der Waals surface area (Å²) in [5.74, 6) is -1.39. The highest BCUT2D eigenvalue weighted by Gasteiger charge is 2.37. The summed E-state index contributed by atoms with van der Waals surface area (Å²) < 4.78 is 9.56. The first-order chi connectivity index (χ1) is 36.4. The molecule has 0 aromatic carbocycles. The van der Waals surface area contributed by atoms with Crippen LogP contribution in [0.15, 0.2) is 10.8 Å². The quantitative estimate of drug-likeness (QED) is 0.0619. The minimum absolute atomic E-state index is 0.0440. The van der Waals surface area contributed by atoms with Crippen molar-refractivity contribution >= 4 is 64.3 Å². The predicted octanol–water partition coefficient (Wildman–Crippen LogP) is 10.5. The van der Waals surface area contributed by atoms with Crippen molar-refractivity contribution in [3.05, 3.63) is 32.2 Å². The van der Waals surface area contributed by atoms with E-state index >= 15 is 0 Å². The van der Waals surface area contributed by atoms with E-state index in [2.05, 4.69) is 108 Å². The van der Waals surface area contributed by atoms with E-state index < -0.39 is 42.1 Å². The molecule has 2 aromatic heterocycles. The lowest BCUT2D eigenvalue weighted by molar-refractivity contribution is -0.156. The van der Waals surface area contributed by atoms with Crippen LogP contribution in [0.4, 0.5) is 0 Å². The fraction of sp³-hybridized carbons (Fsp3) is 0.776. The summed E-state index contributed by atoms with van der Waals surface area (Å²) in [5.41, 5.74) is -0.120. The van der Waals surface area contributed by atoms with Crippen molar-refractivity contribution in [3.8, 4) is 0 Å². The van der Waals surface area contributed by atoms with Gasteiger partial charge in [0, 0.05) is 94.5 Å². The Hall–Kier alpha value is -4.37. The van der Waals surface area contributed by atoms with Crippen LogP contribution in [0.1, 0.15) is 210 Å². The zero-order valence-electron chi connectivity index (χ0n) is 50.2. The number of thiazole rings is 2. The molecule has 2 aliphatic heterocycles. The molecular weight excluding hydrogens is 1040 g/mol. The summed E-state index contributed by atoms with van der Waals surface area (Å²) in [6.07, 6.45) is 9.59. The molecule has 2 aromatic rings. The Bertz CT molecular complexity index is 2190. The van der Waals surface area contributed by atoms with Gasteiger partial charge in [0.1, 0.15) is 16.1 Å². The topological polar surface area (TPSA) is 237 Å². The zero-order valence-corrected chi connectivity index (χ0v) is 51.8. The summed E-state index contributed by atoms with van der Waals surface area (Å²) in [6.45, 7) is 27.4. The summed E-state index contributed by atoms with van der Waals surface area (Å²) >= 11 is 2.31. The smallest absolute Gasteiger partial charge is 0.355 e. The van der Waals surface area contributed by atoms with E-state index in [1.807, 2.05) is 23.9 Å². The van der Waals surface area contributed by atoms with Crippen LogP contribution in [0.25, 0.3) is 0 Å². The second-order valence-corrected chi connectivity index (χ2v) is 24.9. The van der Waals surface area contributed by atoms with Gasteiger partial charge in [-0.2, -0.15) is 0 Å². The molecule has 12 atom stereocenters. The minimum atomic E-state index is -1.12. The molecule has 18 nitrogen and oxygen atoms in total. The monoisotopic (exact) mass is 1130 g/mol. The minimum Gasteiger partial charge on any atom is -0.476 e. The van der Waals surface area contributed by atoms with Crippen molar-refractivity contribution in [2.45, 2.75) is 203 Å². The Labute approximate surface area is 474 Å². The number of hydrogen-bond donors (Lipinski definition) is 3. The van der Waals surface area contributed by atoms with E-state index in [0.29, 0.717) is 34.9 Å². The van der Waals surface area contributed by atoms with Gasteiger partial charge in [-0.15, -0.1) is 22.7 Å². The number of aromatic carboxylic acids is 2. The Balaban J connectivity index is 0.000000476. The van der Waals surface area contributed by atoms with Crippen LogP contribution in [0.2, 0.25) is 0 Å². The number of esters is 3. The van der Waals surface area contributed by atoms with Crippen molar-refractivity contribution < 1.29 is 58.4 Å². The van der Waals surface area contributed by atoms with E-state index in [1.165, 1.54) is 57.2 Å². The maximum atomic E-state index is 14.0. The molecule has 3 N–H and O–H groups in total. The predicted molar refractivity (Wildman–Crippen MR) is 306 cm³/mol. The fourth-order valence-electron chi connectivity index (χ4n) is 10.9. The number of carbonyl (C=O) groups is 7. The van der Waals surface area contributed by atoms with Crippen LogP contribution in [0.3, 0.4) is 0 Å². The number of rotatable bonds is 25. The normalized spacial score (nSPS) is 21.0. The van der Waals surface area contributed by atoms with Crippen LogP contribution in [0, 0.1) is 47.3 Å². The van der Waals surface area contributed by atoms with E-state index in [4.69, 9.17) is 9.84 Å². The van der Waals surface area contributed by atoms with Gasteiger partial charge in [0.25, 0.3) is 0 Å². The van der Waals surface area contributed by atoms with Crippen LogP contribution >= 0.6 is 22.7 Å². The number of piperidine rings is 2. The molecule has 2 aliphatic rings. The molecule has 0 saturated carbocycles. The van der Waals surface area contributed by atoms with Gasteiger partial charge in [-0.05, 0) is 114 Å². The van der Waals surface area contributed by atoms with E-state index in [9.17, 15) is 43.8 Å². The lowest BCUT2D eigenvalue weighted by Gasteiger charge is -2.39. The number of amides is 2. The Morgan fingerprint density at radius 3 is 1.37 bits per heavy atom. The maximum Gasteiger partial charge on any atom is 0.355 e. The van der Waals surface area contributed by atoms with E-state index in [0.717, 1.165) is 86.1 Å². The highest BCUT2D eigenvalue weighted by Crippen LogP contribution is 2.35. The SMILES string of the molecule is CC(=O)OC(C)=O.CC[C@H](C)[C@H](CC[C@H]1C[C@H](C)CCN1C)C(=O)N(C)[C@H](C[C@@H](O)c1nc(C(=O)O)cs1)C(C)C.CC[C@H](C)[C@H](CC[C@H]1C[C@H](C)CCN1C)C(=O)N(C)[C@H](C[C@@H](OC(C)=O)c1nc(C(=O)O)cs1)C(C)C. The number of nitrogens with zero attached hydrogens (tertiary/aromatic N) is 6. The molecule has 20 heteroatoms. The van der Waals surface area contributed by atoms with Crippen LogP contribution in [-0.2, 0) is 33.4 Å². The first kappa shape index (κ1) is 69.7. The molecule has 2 fully saturated rings. The summed E-state index contributed by atoms with van der Waals surface area (Å²) in [6, 6.07) is 0.682. The van der Waals surface area contributed by atoms with Gasteiger partial charge in [0.15, 0.2) is 17.5 Å². The first-order valence-corrected chi connectivity index (χ1v) is 30.0. The van der Waals surface area contributed by atoms with Crippen LogP contribution in [-0.4, -0.2) is 152 Å². The molecular formula is C58H98N6O12S2. The van der Waals surface area contributed by atoms with Crippen molar-refractivity contribution in [2.75, 3.05) is 41.3 Å². The molecule has 4 rings (SSSR count). The van der Waals surface area contributed by atoms with Gasteiger partial charge in [-0.25, -0.2) is 19.6 Å². The van der Waals surface area contributed by atoms with Gasteiger partial charge in [0.05, 0.1) is 0 Å². The number of aromatic nitrogens is 2. The molecule has 0 bridgehead atoms. The van der Waals surface area contributed by atoms with Crippen molar-refractivity contribution in [2.24, 2.45) is 47.3 Å². The number of hydrogen-bond acceptors (Lipinski definition) is 16. The molecule has 0 aliphatic carbocycles. The molecule has 4 heterocycles. The van der Waals surface area contributed by atoms with Gasteiger partial charge in [-0.1, -0.05) is 82.1 Å². The molecule has 0 unspecified atom stereocenters. The average molecular weight is 1140 g/mol. The number of carboxylic acids is 2. The Morgan fingerprint density at radius 1 is 0.654 bits per heavy atom. The maximum absolute atomic E-state index is 14.0. The zero-order chi connectivity index (χ0) is 59.3. The van der Waals surface area contributed by atoms with Gasteiger partial charge in [0.2, 0.25) is 11.8 Å². The number of carboxylic acid groups (broad SMARTS) is 2. The third kappa shape index (κ3) is 22.6. The second-order valence-electron chi connectivity index (χ2n) is 23.1. The van der Waals surface area contributed by atoms with Gasteiger partial charge < -0.3 is 44.4 Å². The molecule has 2 saturated heterocycles. The standard InChI is InChI=1S/C28H47N3O5S.C26H45N3O4S.C4H6O3/c1-9-19(5)22(11-10-21-14-18(4)12-13-30(21)7)27(33)31(8)24(17(2)3)15-25(36-20(6)32)26-29-23(16-37-26)28(34)35;1-8-18(5)20(10-9-19-13-17(4)11-12-28(19)6)25(31)29(7)22(16(2)3)14-23(30)24-27-21(15-34-24)26(32)33;1-3(5)7-4(2)6/h16-19,21-22,24-25H,9-15H2,1-8H3,(H,34,35);15-20,22-23,30H,8-14H2,1-7H3,(H,32,33);1-2H3/t18-,19+,21+,22+,24-,25-;17-,18+,19+,20+,22-,23-;/m11./s1. The van der Waals surface area contributed by atoms with E-state index in [1.54, 1.807) is 0 Å². The van der Waals surface area contributed by atoms with Crippen LogP contribution in [0.5, 0.6) is 0 Å². The highest BCUT2D eigenvalue weighted by molar-refractivity contribution is 7.10. The molecule has 2 amide bonds. The third-order valence-electron chi connectivity index (χ3n) is 16.3. The van der Waals surface area contributed by atoms with Gasteiger partial charge >= 0.3 is 29.8 Å². The highest BCUT2D eigenvalue weighted by atomic mass is 32.1. The number of carbonyl (C=O) groups excluding carboxylic acids is 5. The third-order valence-corrected chi connectivity index (χ3v) is 18.1. The number of likely N-dealkylation sites (tertiary alicyclic amines) is 2. The molecule has 444 valence electrons. The lowest BCUT2D eigenvalue weighted by atomic mass is 9.82. The molecule has 0 radical (unpaired) electrons. The number of aliphatic hydroxyl groups excluding tert-OH is 1. The molecule has 0 spiro atoms. The van der Waals surface area contributed by atoms with Crippen molar-refractivity contribution in [3.63, 3.8) is 0 Å². The summed E-state index contributed by atoms with van der Waals surface area (Å²) in [5, 5.41) is 32.9. The Morgan fingerprint density at radius 2 is 1.04 bits per heavy atom. The lowest BCUT2D eigenvalue weighted by Crippen LogP contribution is -2.46. The molecule has 78 heavy (non-hydrogen) atoms. The van der Waals surface area contributed by atoms with Crippen molar-refractivity contribution in [1.82, 2.24) is 29.6 Å².